The Morgan fingerprint density at radius 3 is 2.39 bits per heavy atom. The Morgan fingerprint density at radius 1 is 1.03 bits per heavy atom. The van der Waals surface area contributed by atoms with Crippen molar-refractivity contribution in [2.45, 2.75) is 18.4 Å². The lowest BCUT2D eigenvalue weighted by molar-refractivity contribution is -0.116. The van der Waals surface area contributed by atoms with Crippen molar-refractivity contribution < 1.29 is 22.7 Å². The van der Waals surface area contributed by atoms with Gasteiger partial charge in [0.1, 0.15) is 12.3 Å². The van der Waals surface area contributed by atoms with Gasteiger partial charge in [0, 0.05) is 23.5 Å². The van der Waals surface area contributed by atoms with E-state index in [1.165, 1.54) is 47.6 Å². The molecule has 0 fully saturated rings. The number of nitrogens with one attached hydrogen (secondary N) is 2. The van der Waals surface area contributed by atoms with E-state index < -0.39 is 10.0 Å². The number of anilines is 1. The number of para-hydroxylation sites is 2. The molecule has 0 atom stereocenters. The number of sulfonamides is 1. The topological polar surface area (TPSA) is 105 Å². The molecule has 3 rings (SSSR count). The summed E-state index contributed by atoms with van der Waals surface area (Å²) in [4.78, 5) is 27.7. The smallest absolute Gasteiger partial charge is 0.254 e. The van der Waals surface area contributed by atoms with Crippen LogP contribution in [-0.2, 0) is 21.4 Å². The van der Waals surface area contributed by atoms with Crippen LogP contribution in [0, 0.1) is 0 Å². The molecule has 0 aliphatic carbocycles. The molecule has 0 radical (unpaired) electrons. The van der Waals surface area contributed by atoms with Crippen LogP contribution in [0.25, 0.3) is 0 Å². The van der Waals surface area contributed by atoms with E-state index in [9.17, 15) is 18.0 Å². The van der Waals surface area contributed by atoms with Crippen LogP contribution < -0.4 is 14.8 Å². The second kappa shape index (κ2) is 11.1. The Bertz CT molecular complexity index is 1190. The molecule has 0 saturated carbocycles. The number of rotatable bonds is 10. The molecule has 0 unspecified atom stereocenters. The fourth-order valence-electron chi connectivity index (χ4n) is 3.06. The second-order valence-electron chi connectivity index (χ2n) is 7.00. The number of hydrogen-bond acceptors (Lipinski definition) is 6. The van der Waals surface area contributed by atoms with E-state index in [2.05, 4.69) is 10.0 Å². The van der Waals surface area contributed by atoms with E-state index in [-0.39, 0.29) is 29.8 Å². The second-order valence-corrected chi connectivity index (χ2v) is 9.80. The highest BCUT2D eigenvalue weighted by Gasteiger charge is 2.20. The van der Waals surface area contributed by atoms with E-state index in [1.807, 2.05) is 17.5 Å². The zero-order valence-electron chi connectivity index (χ0n) is 18.3. The minimum atomic E-state index is -3.71. The van der Waals surface area contributed by atoms with Crippen molar-refractivity contribution in [1.29, 1.82) is 0 Å². The number of hydrogen-bond donors (Lipinski definition) is 2. The van der Waals surface area contributed by atoms with Crippen molar-refractivity contribution in [1.82, 2.24) is 9.62 Å². The van der Waals surface area contributed by atoms with Gasteiger partial charge in [-0.15, -0.1) is 11.3 Å². The number of ether oxygens (including phenoxy) is 1. The van der Waals surface area contributed by atoms with Crippen LogP contribution in [-0.4, -0.2) is 45.3 Å². The largest absolute Gasteiger partial charge is 0.495 e. The monoisotopic (exact) mass is 487 g/mol. The van der Waals surface area contributed by atoms with Gasteiger partial charge in [0.05, 0.1) is 17.7 Å². The number of benzene rings is 2. The van der Waals surface area contributed by atoms with Crippen LogP contribution in [0.3, 0.4) is 0 Å². The van der Waals surface area contributed by atoms with Crippen LogP contribution in [0.5, 0.6) is 5.75 Å². The third-order valence-corrected chi connectivity index (χ3v) is 7.11. The summed E-state index contributed by atoms with van der Waals surface area (Å²) in [5.74, 6) is -0.223. The van der Waals surface area contributed by atoms with Crippen LogP contribution >= 0.6 is 11.3 Å². The molecule has 0 spiro atoms. The predicted octanol–water partition coefficient (Wildman–Crippen LogP) is 3.34. The summed E-state index contributed by atoms with van der Waals surface area (Å²) in [6.07, 6.45) is 0. The summed E-state index contributed by atoms with van der Waals surface area (Å²) >= 11 is 1.46. The fraction of sp³-hybridized carbons (Fsp3) is 0.217. The minimum Gasteiger partial charge on any atom is -0.495 e. The summed E-state index contributed by atoms with van der Waals surface area (Å²) in [7, 11) is -2.20. The number of thiophene rings is 1. The molecule has 2 amide bonds. The average Bonchev–Trinajstić information content (AvgIpc) is 3.35. The molecule has 8 nitrogen and oxygen atoms in total. The first-order chi connectivity index (χ1) is 15.8. The first kappa shape index (κ1) is 24.4. The summed E-state index contributed by atoms with van der Waals surface area (Å²) in [5, 5.41) is 4.62. The van der Waals surface area contributed by atoms with Crippen molar-refractivity contribution in [3.8, 4) is 5.75 Å². The number of amides is 2. The Kier molecular flexibility index (Phi) is 8.21. The van der Waals surface area contributed by atoms with Gasteiger partial charge in [-0.25, -0.2) is 13.1 Å². The first-order valence-corrected chi connectivity index (χ1v) is 12.5. The lowest BCUT2D eigenvalue weighted by atomic mass is 10.2. The molecular weight excluding hydrogens is 462 g/mol. The Hall–Kier alpha value is -3.21. The molecule has 0 bridgehead atoms. The number of carbonyl (C=O) groups excluding carboxylic acids is 2. The van der Waals surface area contributed by atoms with Gasteiger partial charge in [0.25, 0.3) is 5.91 Å². The third kappa shape index (κ3) is 6.41. The quantitative estimate of drug-likeness (QED) is 0.456. The lowest BCUT2D eigenvalue weighted by Crippen LogP contribution is -2.38. The zero-order chi connectivity index (χ0) is 23.8. The molecular formula is C23H25N3O5S2. The molecule has 33 heavy (non-hydrogen) atoms. The molecule has 2 N–H and O–H groups in total. The number of likely N-dealkylation sites (N-methyl/N-ethyl adjacent to an activating group) is 1. The van der Waals surface area contributed by atoms with Gasteiger partial charge in [-0.2, -0.15) is 0 Å². The lowest BCUT2D eigenvalue weighted by Gasteiger charge is -2.21. The highest BCUT2D eigenvalue weighted by atomic mass is 32.2. The van der Waals surface area contributed by atoms with Gasteiger partial charge in [-0.1, -0.05) is 18.2 Å². The Balaban J connectivity index is 1.64. The molecule has 3 aromatic rings. The maximum Gasteiger partial charge on any atom is 0.254 e. The fourth-order valence-corrected chi connectivity index (χ4v) is 4.80. The number of methoxy groups -OCH3 is 1. The summed E-state index contributed by atoms with van der Waals surface area (Å²) in [5.41, 5.74) is 0.803. The van der Waals surface area contributed by atoms with Gasteiger partial charge in [-0.05, 0) is 54.8 Å². The molecule has 10 heteroatoms. The highest BCUT2D eigenvalue weighted by Crippen LogP contribution is 2.23. The van der Waals surface area contributed by atoms with Crippen molar-refractivity contribution in [2.24, 2.45) is 0 Å². The zero-order valence-corrected chi connectivity index (χ0v) is 19.9. The maximum absolute atomic E-state index is 12.9. The van der Waals surface area contributed by atoms with E-state index in [1.54, 1.807) is 31.2 Å². The van der Waals surface area contributed by atoms with Crippen LogP contribution in [0.2, 0.25) is 0 Å². The van der Waals surface area contributed by atoms with E-state index in [4.69, 9.17) is 4.74 Å². The summed E-state index contributed by atoms with van der Waals surface area (Å²) < 4.78 is 32.8. The van der Waals surface area contributed by atoms with Crippen molar-refractivity contribution >= 4 is 38.9 Å². The van der Waals surface area contributed by atoms with Gasteiger partial charge < -0.3 is 15.0 Å². The normalized spacial score (nSPS) is 11.1. The van der Waals surface area contributed by atoms with Gasteiger partial charge in [0.15, 0.2) is 0 Å². The Labute approximate surface area is 197 Å². The molecule has 0 aliphatic heterocycles. The summed E-state index contributed by atoms with van der Waals surface area (Å²) in [6.45, 7) is 2.11. The molecule has 1 heterocycles. The van der Waals surface area contributed by atoms with E-state index in [0.29, 0.717) is 23.5 Å². The third-order valence-electron chi connectivity index (χ3n) is 4.81. The maximum atomic E-state index is 12.9. The van der Waals surface area contributed by atoms with Gasteiger partial charge >= 0.3 is 0 Å². The van der Waals surface area contributed by atoms with Crippen molar-refractivity contribution in [3.63, 3.8) is 0 Å². The molecule has 0 saturated heterocycles. The highest BCUT2D eigenvalue weighted by molar-refractivity contribution is 7.89. The van der Waals surface area contributed by atoms with Gasteiger partial charge in [0.2, 0.25) is 15.9 Å². The Morgan fingerprint density at radius 2 is 1.76 bits per heavy atom. The molecule has 2 aromatic carbocycles. The number of nitrogens with zero attached hydrogens (tertiary/aromatic N) is 1. The van der Waals surface area contributed by atoms with Crippen LogP contribution in [0.1, 0.15) is 22.2 Å². The predicted molar refractivity (Wildman–Crippen MR) is 128 cm³/mol. The SMILES string of the molecule is CCN(CC(=O)Nc1ccccc1OC)C(=O)c1ccc(S(=O)(=O)NCc2cccs2)cc1. The number of carbonyl (C=O) groups is 2. The molecule has 1 aromatic heterocycles. The first-order valence-electron chi connectivity index (χ1n) is 10.2. The van der Waals surface area contributed by atoms with Crippen molar-refractivity contribution in [2.75, 3.05) is 25.5 Å². The standard InChI is InChI=1S/C23H25N3O5S2/c1-3-26(16-22(27)25-20-8-4-5-9-21(20)31-2)23(28)17-10-12-19(13-11-17)33(29,30)24-15-18-7-6-14-32-18/h4-14,24H,3,15-16H2,1-2H3,(H,25,27). The van der Waals surface area contributed by atoms with Crippen LogP contribution in [0.15, 0.2) is 70.9 Å². The van der Waals surface area contributed by atoms with E-state index >= 15 is 0 Å². The van der Waals surface area contributed by atoms with Crippen LogP contribution in [0.4, 0.5) is 5.69 Å². The minimum absolute atomic E-state index is 0.0626. The summed E-state index contributed by atoms with van der Waals surface area (Å²) in [6, 6.07) is 16.3. The average molecular weight is 488 g/mol. The van der Waals surface area contributed by atoms with Crippen molar-refractivity contribution in [3.05, 3.63) is 76.5 Å². The van der Waals surface area contributed by atoms with Gasteiger partial charge in [-0.3, -0.25) is 9.59 Å². The molecule has 0 aliphatic rings. The van der Waals surface area contributed by atoms with E-state index in [0.717, 1.165) is 4.88 Å². The molecule has 174 valence electrons.